The van der Waals surface area contributed by atoms with E-state index in [0.717, 1.165) is 11.8 Å². The fourth-order valence-corrected chi connectivity index (χ4v) is 3.33. The molecule has 0 saturated heterocycles. The first-order valence-corrected chi connectivity index (χ1v) is 23.2. The summed E-state index contributed by atoms with van der Waals surface area (Å²) in [6.07, 6.45) is 26.1. The van der Waals surface area contributed by atoms with Crippen LogP contribution in [0, 0.1) is 24.7 Å². The van der Waals surface area contributed by atoms with Crippen molar-refractivity contribution in [3.63, 3.8) is 0 Å². The zero-order valence-corrected chi connectivity index (χ0v) is 22.0. The third-order valence-corrected chi connectivity index (χ3v) is 4.42. The summed E-state index contributed by atoms with van der Waals surface area (Å²) in [6, 6.07) is 0. The molecular formula is C20H28Cl2GeHf-2. The van der Waals surface area contributed by atoms with E-state index in [1.807, 2.05) is 0 Å². The fraction of sp³-hybridized carbons (Fsp3) is 0.500. The molecule has 0 radical (unpaired) electrons. The largest absolute Gasteiger partial charge is 1.00 e. The van der Waals surface area contributed by atoms with Gasteiger partial charge in [-0.15, -0.1) is 37.1 Å². The van der Waals surface area contributed by atoms with Crippen molar-refractivity contribution in [2.75, 3.05) is 0 Å². The van der Waals surface area contributed by atoms with E-state index in [9.17, 15) is 0 Å². The summed E-state index contributed by atoms with van der Waals surface area (Å²) in [7, 11) is -0.194. The van der Waals surface area contributed by atoms with E-state index in [2.05, 4.69) is 60.8 Å². The van der Waals surface area contributed by atoms with Crippen LogP contribution in [0.4, 0.5) is 0 Å². The molecule has 4 rings (SSSR count). The predicted octanol–water partition coefficient (Wildman–Crippen LogP) is -0.234. The molecule has 0 aromatic carbocycles. The molecule has 132 valence electrons. The molecule has 0 spiro atoms. The van der Waals surface area contributed by atoms with Gasteiger partial charge in [-0.25, -0.2) is 36.1 Å². The van der Waals surface area contributed by atoms with Crippen molar-refractivity contribution in [2.45, 2.75) is 50.0 Å². The Labute approximate surface area is 177 Å². The van der Waals surface area contributed by atoms with Gasteiger partial charge in [0.15, 0.2) is 0 Å². The van der Waals surface area contributed by atoms with Crippen LogP contribution in [-0.2, 0) is 21.3 Å². The maximum atomic E-state index is 2.40. The van der Waals surface area contributed by atoms with Crippen LogP contribution in [0.25, 0.3) is 0 Å². The molecule has 0 aromatic rings. The third-order valence-electron chi connectivity index (χ3n) is 4.42. The van der Waals surface area contributed by atoms with Crippen LogP contribution in [0.15, 0.2) is 47.6 Å². The van der Waals surface area contributed by atoms with Crippen molar-refractivity contribution in [3.05, 3.63) is 60.4 Å². The minimum Gasteiger partial charge on any atom is -1.00 e. The molecule has 2 saturated carbocycles. The summed E-state index contributed by atoms with van der Waals surface area (Å²) < 4.78 is 0. The van der Waals surface area contributed by atoms with Crippen molar-refractivity contribution in [3.8, 4) is 0 Å². The van der Waals surface area contributed by atoms with Crippen LogP contribution < -0.4 is 24.8 Å². The average molecular weight is 590 g/mol. The van der Waals surface area contributed by atoms with E-state index >= 15 is 0 Å². The SMILES string of the molecule is C1=CCC2CC[CH-]C2=C1.C1=CCC2CC[CH-]C2=C1.[CH3][Ge]([CH3])=[Hf+2].[Cl-].[Cl-]. The Balaban J connectivity index is 0.000000341. The van der Waals surface area contributed by atoms with Gasteiger partial charge in [-0.05, 0) is 24.7 Å². The molecule has 4 heteroatoms. The second-order valence-electron chi connectivity index (χ2n) is 6.62. The Kier molecular flexibility index (Phi) is 14.2. The van der Waals surface area contributed by atoms with Crippen LogP contribution >= 0.6 is 0 Å². The molecule has 2 atom stereocenters. The molecule has 0 bridgehead atoms. The Bertz CT molecular complexity index is 462. The second-order valence-corrected chi connectivity index (χ2v) is 29.5. The molecule has 2 fully saturated rings. The molecule has 0 aromatic heterocycles. The molecular weight excluding hydrogens is 562 g/mol. The first-order valence-electron chi connectivity index (χ1n) is 8.58. The van der Waals surface area contributed by atoms with Gasteiger partial charge in [0.1, 0.15) is 0 Å². The van der Waals surface area contributed by atoms with Gasteiger partial charge in [0.2, 0.25) is 0 Å². The summed E-state index contributed by atoms with van der Waals surface area (Å²) in [5.41, 5.74) is 3.16. The minimum absolute atomic E-state index is 0. The summed E-state index contributed by atoms with van der Waals surface area (Å²) in [5.74, 6) is 6.56. The zero-order valence-electron chi connectivity index (χ0n) is 14.8. The van der Waals surface area contributed by atoms with Gasteiger partial charge in [-0.3, -0.25) is 0 Å². The number of rotatable bonds is 0. The van der Waals surface area contributed by atoms with Gasteiger partial charge in [0, 0.05) is 0 Å². The van der Waals surface area contributed by atoms with Crippen molar-refractivity contribution in [1.29, 1.82) is 0 Å². The molecule has 2 unspecified atom stereocenters. The van der Waals surface area contributed by atoms with E-state index in [1.54, 1.807) is 11.1 Å². The normalized spacial score (nSPS) is 24.5. The van der Waals surface area contributed by atoms with Crippen molar-refractivity contribution >= 4 is 10.1 Å². The van der Waals surface area contributed by atoms with Gasteiger partial charge in [-0.1, -0.05) is 12.8 Å². The Morgan fingerprint density at radius 2 is 1.25 bits per heavy atom. The van der Waals surface area contributed by atoms with Crippen LogP contribution in [0.2, 0.25) is 11.5 Å². The first kappa shape index (κ1) is 24.7. The van der Waals surface area contributed by atoms with E-state index < -0.39 is 0 Å². The fourth-order valence-electron chi connectivity index (χ4n) is 3.33. The minimum atomic E-state index is -0.194. The topological polar surface area (TPSA) is 0 Å². The van der Waals surface area contributed by atoms with Gasteiger partial charge >= 0.3 is 42.8 Å². The Hall–Kier alpha value is 0.693. The smallest absolute Gasteiger partial charge is 1.00 e. The number of hydrogen-bond acceptors (Lipinski definition) is 0. The van der Waals surface area contributed by atoms with Crippen molar-refractivity contribution in [1.82, 2.24) is 0 Å². The molecule has 4 aliphatic rings. The van der Waals surface area contributed by atoms with Crippen LogP contribution in [0.5, 0.6) is 0 Å². The third kappa shape index (κ3) is 8.87. The van der Waals surface area contributed by atoms with E-state index in [4.69, 9.17) is 0 Å². The average Bonchev–Trinajstić information content (AvgIpc) is 3.16. The number of halogens is 2. The Morgan fingerprint density at radius 3 is 1.58 bits per heavy atom. The number of allylic oxidation sites excluding steroid dienone is 8. The molecule has 0 aliphatic heterocycles. The molecule has 0 N–H and O–H groups in total. The summed E-state index contributed by atoms with van der Waals surface area (Å²) >= 11 is 1.52. The van der Waals surface area contributed by atoms with Crippen LogP contribution in [0.3, 0.4) is 0 Å². The van der Waals surface area contributed by atoms with E-state index in [0.29, 0.717) is 0 Å². The van der Waals surface area contributed by atoms with Gasteiger partial charge in [-0.2, -0.15) is 0 Å². The molecule has 4 aliphatic carbocycles. The quantitative estimate of drug-likeness (QED) is 0.270. The Morgan fingerprint density at radius 1 is 0.875 bits per heavy atom. The number of fused-ring (bicyclic) bond motifs is 2. The number of hydrogen-bond donors (Lipinski definition) is 0. The zero-order chi connectivity index (χ0) is 15.8. The van der Waals surface area contributed by atoms with Crippen molar-refractivity contribution in [2.24, 2.45) is 11.8 Å². The summed E-state index contributed by atoms with van der Waals surface area (Å²) in [6.45, 7) is 0. The summed E-state index contributed by atoms with van der Waals surface area (Å²) in [5, 5.41) is 0. The maximum Gasteiger partial charge on any atom is -1.00 e. The molecule has 0 amide bonds. The second kappa shape index (κ2) is 13.8. The van der Waals surface area contributed by atoms with Gasteiger partial charge in [0.25, 0.3) is 0 Å². The van der Waals surface area contributed by atoms with Gasteiger partial charge < -0.3 is 24.8 Å². The predicted molar refractivity (Wildman–Crippen MR) is 95.2 cm³/mol. The standard InChI is InChI=1S/2C9H11.C2H6Ge.2ClH.Hf/c2*1-2-5-9-7-3-6-8(9)4-1;1-3-2;;;/h2*1-2,4,6,9H,3,5,7H2;1-2H3;2*1H;/q2*-1;;;;+2/p-2. The van der Waals surface area contributed by atoms with Crippen LogP contribution in [0.1, 0.15) is 38.5 Å². The monoisotopic (exact) mass is 592 g/mol. The maximum absolute atomic E-state index is 2.40. The summed E-state index contributed by atoms with van der Waals surface area (Å²) in [4.78, 5) is 0. The molecule has 0 nitrogen and oxygen atoms in total. The van der Waals surface area contributed by atoms with E-state index in [-0.39, 0.29) is 34.9 Å². The first-order chi connectivity index (χ1) is 10.7. The van der Waals surface area contributed by atoms with E-state index in [1.165, 1.54) is 59.8 Å². The van der Waals surface area contributed by atoms with Gasteiger partial charge in [0.05, 0.1) is 0 Å². The van der Waals surface area contributed by atoms with Crippen LogP contribution in [-0.4, -0.2) is 10.1 Å². The molecule has 0 heterocycles. The molecule has 24 heavy (non-hydrogen) atoms. The van der Waals surface area contributed by atoms with Crippen molar-refractivity contribution < 1.29 is 46.1 Å².